The molecule has 2 aromatic rings. The highest BCUT2D eigenvalue weighted by Gasteiger charge is 2.13. The second-order valence-corrected chi connectivity index (χ2v) is 5.09. The van der Waals surface area contributed by atoms with E-state index in [1.807, 2.05) is 18.2 Å². The van der Waals surface area contributed by atoms with Crippen molar-refractivity contribution in [3.8, 4) is 5.75 Å². The van der Waals surface area contributed by atoms with Crippen molar-refractivity contribution >= 4 is 17.5 Å². The Bertz CT molecular complexity index is 809. The maximum absolute atomic E-state index is 12.3. The Hall–Kier alpha value is -3.21. The average molecular weight is 323 g/mol. The molecule has 0 aromatic heterocycles. The minimum Gasteiger partial charge on any atom is -0.489 e. The van der Waals surface area contributed by atoms with Gasteiger partial charge in [-0.25, -0.2) is 0 Å². The zero-order valence-corrected chi connectivity index (χ0v) is 13.3. The van der Waals surface area contributed by atoms with Crippen LogP contribution in [0.5, 0.6) is 5.75 Å². The molecule has 0 bridgehead atoms. The first-order valence-electron chi connectivity index (χ1n) is 7.33. The number of hydrogen-bond donors (Lipinski definition) is 0. The fourth-order valence-corrected chi connectivity index (χ4v) is 2.12. The van der Waals surface area contributed by atoms with Crippen molar-refractivity contribution in [2.45, 2.75) is 6.92 Å². The lowest BCUT2D eigenvalue weighted by atomic mass is 10.1. The molecule has 122 valence electrons. The minimum atomic E-state index is -0.492. The molecule has 0 aliphatic rings. The van der Waals surface area contributed by atoms with Crippen LogP contribution in [-0.4, -0.2) is 17.3 Å². The van der Waals surface area contributed by atoms with Gasteiger partial charge in [0.2, 0.25) is 0 Å². The monoisotopic (exact) mass is 323 g/mol. The van der Waals surface area contributed by atoms with E-state index in [9.17, 15) is 14.9 Å². The van der Waals surface area contributed by atoms with Gasteiger partial charge < -0.3 is 4.74 Å². The Labute approximate surface area is 140 Å². The summed E-state index contributed by atoms with van der Waals surface area (Å²) in [6, 6.07) is 11.7. The molecule has 0 saturated heterocycles. The molecule has 0 atom stereocenters. The number of aryl methyl sites for hydroxylation is 1. The molecule has 0 aliphatic carbocycles. The van der Waals surface area contributed by atoms with Crippen LogP contribution in [0.1, 0.15) is 21.5 Å². The summed E-state index contributed by atoms with van der Waals surface area (Å²) in [6.07, 6.45) is 4.65. The smallest absolute Gasteiger partial charge is 0.273 e. The number of nitrogens with zero attached hydrogens (tertiary/aromatic N) is 1. The van der Waals surface area contributed by atoms with E-state index in [4.69, 9.17) is 4.74 Å². The third-order valence-corrected chi connectivity index (χ3v) is 3.38. The molecule has 0 fully saturated rings. The van der Waals surface area contributed by atoms with Crippen molar-refractivity contribution < 1.29 is 14.5 Å². The third-order valence-electron chi connectivity index (χ3n) is 3.38. The minimum absolute atomic E-state index is 0.0658. The molecule has 0 N–H and O–H groups in total. The second kappa shape index (κ2) is 7.87. The van der Waals surface area contributed by atoms with Crippen molar-refractivity contribution in [1.29, 1.82) is 0 Å². The quantitative estimate of drug-likeness (QED) is 0.249. The normalized spacial score (nSPS) is 10.5. The Kier molecular flexibility index (Phi) is 5.63. The van der Waals surface area contributed by atoms with Gasteiger partial charge in [0.1, 0.15) is 12.4 Å². The largest absolute Gasteiger partial charge is 0.489 e. The Morgan fingerprint density at radius 1 is 1.29 bits per heavy atom. The molecule has 0 saturated carbocycles. The van der Waals surface area contributed by atoms with Gasteiger partial charge in [-0.1, -0.05) is 43.0 Å². The van der Waals surface area contributed by atoms with E-state index in [0.717, 1.165) is 5.56 Å². The van der Waals surface area contributed by atoms with Crippen LogP contribution in [0.25, 0.3) is 6.08 Å². The summed E-state index contributed by atoms with van der Waals surface area (Å²) in [5, 5.41) is 11.0. The van der Waals surface area contributed by atoms with Gasteiger partial charge in [0, 0.05) is 22.8 Å². The summed E-state index contributed by atoms with van der Waals surface area (Å²) in [6.45, 7) is 5.60. The van der Waals surface area contributed by atoms with E-state index >= 15 is 0 Å². The molecule has 0 heterocycles. The van der Waals surface area contributed by atoms with Gasteiger partial charge in [0.25, 0.3) is 5.69 Å². The summed E-state index contributed by atoms with van der Waals surface area (Å²) in [7, 11) is 0. The molecule has 0 unspecified atom stereocenters. The molecule has 5 heteroatoms. The molecule has 0 amide bonds. The number of carbonyl (C=O) groups is 1. The maximum Gasteiger partial charge on any atom is 0.273 e. The first-order valence-corrected chi connectivity index (χ1v) is 7.33. The summed E-state index contributed by atoms with van der Waals surface area (Å²) in [5.41, 5.74) is 1.47. The number of nitro benzene ring substituents is 1. The standard InChI is InChI=1S/C19H17NO4/c1-3-12-24-19-7-5-4-6-15(19)10-11-18(21)16-9-8-14(2)17(13-16)20(22)23/h3-11,13H,1,12H2,2H3/b11-10+. The topological polar surface area (TPSA) is 69.4 Å². The van der Waals surface area contributed by atoms with Crippen LogP contribution < -0.4 is 4.74 Å². The summed E-state index contributed by atoms with van der Waals surface area (Å²) in [5.74, 6) is 0.327. The molecular formula is C19H17NO4. The van der Waals surface area contributed by atoms with Crippen LogP contribution in [-0.2, 0) is 0 Å². The van der Waals surface area contributed by atoms with E-state index in [0.29, 0.717) is 17.9 Å². The predicted molar refractivity (Wildman–Crippen MR) is 93.3 cm³/mol. The number of carbonyl (C=O) groups excluding carboxylic acids is 1. The van der Waals surface area contributed by atoms with Crippen molar-refractivity contribution in [2.24, 2.45) is 0 Å². The van der Waals surface area contributed by atoms with Crippen molar-refractivity contribution in [3.63, 3.8) is 0 Å². The van der Waals surface area contributed by atoms with Crippen LogP contribution in [0.2, 0.25) is 0 Å². The zero-order chi connectivity index (χ0) is 17.5. The average Bonchev–Trinajstić information content (AvgIpc) is 2.58. The molecule has 2 rings (SSSR count). The molecule has 0 spiro atoms. The van der Waals surface area contributed by atoms with E-state index in [1.54, 1.807) is 37.3 Å². The lowest BCUT2D eigenvalue weighted by Gasteiger charge is -2.06. The Balaban J connectivity index is 2.24. The number of allylic oxidation sites excluding steroid dienone is 1. The lowest BCUT2D eigenvalue weighted by Crippen LogP contribution is -1.99. The van der Waals surface area contributed by atoms with Gasteiger partial charge in [-0.05, 0) is 25.1 Å². The van der Waals surface area contributed by atoms with Crippen LogP contribution >= 0.6 is 0 Å². The number of ether oxygens (including phenoxy) is 1. The van der Waals surface area contributed by atoms with Crippen LogP contribution in [0.15, 0.2) is 61.2 Å². The first-order chi connectivity index (χ1) is 11.5. The van der Waals surface area contributed by atoms with Crippen LogP contribution in [0.4, 0.5) is 5.69 Å². The summed E-state index contributed by atoms with van der Waals surface area (Å²) < 4.78 is 5.52. The van der Waals surface area contributed by atoms with Gasteiger partial charge >= 0.3 is 0 Å². The number of nitro groups is 1. The number of rotatable bonds is 7. The highest BCUT2D eigenvalue weighted by molar-refractivity contribution is 6.07. The fourth-order valence-electron chi connectivity index (χ4n) is 2.12. The number of para-hydroxylation sites is 1. The van der Waals surface area contributed by atoms with Gasteiger partial charge in [-0.3, -0.25) is 14.9 Å². The van der Waals surface area contributed by atoms with Gasteiger partial charge in [-0.15, -0.1) is 0 Å². The molecule has 5 nitrogen and oxygen atoms in total. The summed E-state index contributed by atoms with van der Waals surface area (Å²) in [4.78, 5) is 22.7. The highest BCUT2D eigenvalue weighted by Crippen LogP contribution is 2.22. The van der Waals surface area contributed by atoms with E-state index in [2.05, 4.69) is 6.58 Å². The SMILES string of the molecule is C=CCOc1ccccc1/C=C/C(=O)c1ccc(C)c([N+](=O)[O-])c1. The Morgan fingerprint density at radius 2 is 2.04 bits per heavy atom. The van der Waals surface area contributed by atoms with Crippen LogP contribution in [0, 0.1) is 17.0 Å². The lowest BCUT2D eigenvalue weighted by molar-refractivity contribution is -0.385. The first kappa shape index (κ1) is 17.1. The van der Waals surface area contributed by atoms with Gasteiger partial charge in [0.15, 0.2) is 5.78 Å². The van der Waals surface area contributed by atoms with Crippen molar-refractivity contribution in [1.82, 2.24) is 0 Å². The number of hydrogen-bond acceptors (Lipinski definition) is 4. The Morgan fingerprint density at radius 3 is 2.75 bits per heavy atom. The zero-order valence-electron chi connectivity index (χ0n) is 13.3. The van der Waals surface area contributed by atoms with E-state index in [-0.39, 0.29) is 17.0 Å². The number of ketones is 1. The highest BCUT2D eigenvalue weighted by atomic mass is 16.6. The molecule has 0 aliphatic heterocycles. The maximum atomic E-state index is 12.3. The van der Waals surface area contributed by atoms with E-state index in [1.165, 1.54) is 12.1 Å². The second-order valence-electron chi connectivity index (χ2n) is 5.09. The van der Waals surface area contributed by atoms with Gasteiger partial charge in [-0.2, -0.15) is 0 Å². The molecule has 0 radical (unpaired) electrons. The van der Waals surface area contributed by atoms with Gasteiger partial charge in [0.05, 0.1) is 4.92 Å². The molecular weight excluding hydrogens is 306 g/mol. The molecule has 2 aromatic carbocycles. The van der Waals surface area contributed by atoms with Crippen molar-refractivity contribution in [2.75, 3.05) is 6.61 Å². The summed E-state index contributed by atoms with van der Waals surface area (Å²) >= 11 is 0. The van der Waals surface area contributed by atoms with Crippen molar-refractivity contribution in [3.05, 3.63) is 88.0 Å². The van der Waals surface area contributed by atoms with Crippen LogP contribution in [0.3, 0.4) is 0 Å². The van der Waals surface area contributed by atoms with E-state index < -0.39 is 4.92 Å². The third kappa shape index (κ3) is 4.16. The molecule has 24 heavy (non-hydrogen) atoms. The fraction of sp³-hybridized carbons (Fsp3) is 0.105. The number of benzene rings is 2. The predicted octanol–water partition coefficient (Wildman–Crippen LogP) is 4.36.